The van der Waals surface area contributed by atoms with Crippen molar-refractivity contribution in [3.63, 3.8) is 0 Å². The molecule has 0 N–H and O–H groups in total. The zero-order valence-electron chi connectivity index (χ0n) is 10.9. The molecule has 0 aromatic heterocycles. The molecule has 0 saturated heterocycles. The van der Waals surface area contributed by atoms with Crippen molar-refractivity contribution in [3.05, 3.63) is 23.3 Å². The van der Waals surface area contributed by atoms with E-state index in [1.165, 1.54) is 13.2 Å². The fourth-order valence-corrected chi connectivity index (χ4v) is 1.68. The molecule has 0 radical (unpaired) electrons. The van der Waals surface area contributed by atoms with Gasteiger partial charge in [-0.1, -0.05) is 20.8 Å². The highest BCUT2D eigenvalue weighted by molar-refractivity contribution is 5.60. The van der Waals surface area contributed by atoms with Gasteiger partial charge in [0.2, 0.25) is 0 Å². The smallest absolute Gasteiger partial charge is 0.418 e. The minimum absolute atomic E-state index is 0.215. The van der Waals surface area contributed by atoms with Gasteiger partial charge in [0.15, 0.2) is 0 Å². The predicted molar refractivity (Wildman–Crippen MR) is 65.9 cm³/mol. The lowest BCUT2D eigenvalue weighted by Crippen LogP contribution is -2.15. The normalized spacial score (nSPS) is 12.4. The molecule has 18 heavy (non-hydrogen) atoms. The van der Waals surface area contributed by atoms with Crippen molar-refractivity contribution in [2.24, 2.45) is 4.99 Å². The average Bonchev–Trinajstić information content (AvgIpc) is 2.24. The Morgan fingerprint density at radius 2 is 1.67 bits per heavy atom. The zero-order valence-corrected chi connectivity index (χ0v) is 10.9. The van der Waals surface area contributed by atoms with E-state index in [-0.39, 0.29) is 5.69 Å². The highest BCUT2D eigenvalue weighted by atomic mass is 19.4. The third kappa shape index (κ3) is 2.83. The summed E-state index contributed by atoms with van der Waals surface area (Å²) in [7, 11) is 1.42. The van der Waals surface area contributed by atoms with Gasteiger partial charge in [0.1, 0.15) is 5.75 Å². The maximum atomic E-state index is 12.9. The fourth-order valence-electron chi connectivity index (χ4n) is 1.68. The SMILES string of the molecule is C=Nc1cc(OC)c(C(C)(C)C)cc1C(F)(F)F. The highest BCUT2D eigenvalue weighted by Crippen LogP contribution is 2.43. The number of hydrogen-bond acceptors (Lipinski definition) is 2. The summed E-state index contributed by atoms with van der Waals surface area (Å²) >= 11 is 0. The van der Waals surface area contributed by atoms with Gasteiger partial charge in [-0.3, -0.25) is 4.99 Å². The lowest BCUT2D eigenvalue weighted by atomic mass is 9.85. The molecule has 0 spiro atoms. The van der Waals surface area contributed by atoms with Crippen LogP contribution in [0, 0.1) is 0 Å². The van der Waals surface area contributed by atoms with Crippen molar-refractivity contribution in [3.8, 4) is 5.75 Å². The Balaban J connectivity index is 3.60. The predicted octanol–water partition coefficient (Wildman–Crippen LogP) is 4.34. The molecule has 0 fully saturated rings. The molecular formula is C13H16F3NO. The maximum absolute atomic E-state index is 12.9. The number of nitrogens with zero attached hydrogens (tertiary/aromatic N) is 1. The lowest BCUT2D eigenvalue weighted by Gasteiger charge is -2.24. The van der Waals surface area contributed by atoms with Gasteiger partial charge < -0.3 is 4.74 Å². The van der Waals surface area contributed by atoms with E-state index in [9.17, 15) is 13.2 Å². The number of halogens is 3. The quantitative estimate of drug-likeness (QED) is 0.724. The van der Waals surface area contributed by atoms with Crippen LogP contribution in [-0.4, -0.2) is 13.8 Å². The lowest BCUT2D eigenvalue weighted by molar-refractivity contribution is -0.137. The molecule has 100 valence electrons. The zero-order chi connectivity index (χ0) is 14.1. The summed E-state index contributed by atoms with van der Waals surface area (Å²) in [5.74, 6) is 0.387. The molecule has 1 aromatic rings. The van der Waals surface area contributed by atoms with Gasteiger partial charge in [0.25, 0.3) is 0 Å². The first kappa shape index (κ1) is 14.5. The Kier molecular flexibility index (Phi) is 3.74. The Labute approximate surface area is 104 Å². The minimum Gasteiger partial charge on any atom is -0.496 e. The molecule has 0 unspecified atom stereocenters. The molecule has 0 heterocycles. The molecule has 1 aromatic carbocycles. The van der Waals surface area contributed by atoms with Crippen LogP contribution < -0.4 is 4.74 Å². The summed E-state index contributed by atoms with van der Waals surface area (Å²) < 4.78 is 43.9. The molecule has 0 aliphatic heterocycles. The second kappa shape index (κ2) is 4.63. The van der Waals surface area contributed by atoms with Crippen molar-refractivity contribution >= 4 is 12.4 Å². The summed E-state index contributed by atoms with van der Waals surface area (Å²) in [6, 6.07) is 2.36. The van der Waals surface area contributed by atoms with Gasteiger partial charge in [-0.25, -0.2) is 0 Å². The van der Waals surface area contributed by atoms with Crippen molar-refractivity contribution in [2.45, 2.75) is 32.4 Å². The summed E-state index contributed by atoms with van der Waals surface area (Å²) in [6.07, 6.45) is -4.46. The fraction of sp³-hybridized carbons (Fsp3) is 0.462. The standard InChI is InChI=1S/C13H16F3NO/c1-12(2,3)9-6-8(13(14,15)16)10(17-4)7-11(9)18-5/h6-7H,4H2,1-3,5H3. The van der Waals surface area contributed by atoms with Crippen LogP contribution in [0.4, 0.5) is 18.9 Å². The first-order valence-electron chi connectivity index (χ1n) is 5.37. The van der Waals surface area contributed by atoms with Crippen LogP contribution in [0.25, 0.3) is 0 Å². The monoisotopic (exact) mass is 259 g/mol. The molecule has 0 bridgehead atoms. The number of ether oxygens (including phenoxy) is 1. The van der Waals surface area contributed by atoms with Gasteiger partial charge in [0, 0.05) is 11.6 Å². The number of rotatable bonds is 2. The Hall–Kier alpha value is -1.52. The highest BCUT2D eigenvalue weighted by Gasteiger charge is 2.36. The molecule has 0 aliphatic rings. The molecule has 2 nitrogen and oxygen atoms in total. The van der Waals surface area contributed by atoms with Gasteiger partial charge >= 0.3 is 6.18 Å². The Morgan fingerprint density at radius 1 is 1.11 bits per heavy atom. The summed E-state index contributed by atoms with van der Waals surface area (Å²) in [6.45, 7) is 8.64. The molecule has 1 rings (SSSR count). The summed E-state index contributed by atoms with van der Waals surface area (Å²) in [4.78, 5) is 3.42. The Bertz CT molecular complexity index is 459. The van der Waals surface area contributed by atoms with Crippen LogP contribution in [0.15, 0.2) is 17.1 Å². The average molecular weight is 259 g/mol. The number of aliphatic imine (C=N–C) groups is 1. The third-order valence-electron chi connectivity index (χ3n) is 2.60. The first-order valence-corrected chi connectivity index (χ1v) is 5.37. The molecular weight excluding hydrogens is 243 g/mol. The van der Waals surface area contributed by atoms with Crippen LogP contribution in [-0.2, 0) is 11.6 Å². The second-order valence-corrected chi connectivity index (χ2v) is 4.98. The summed E-state index contributed by atoms with van der Waals surface area (Å²) in [5.41, 5.74) is -0.967. The van der Waals surface area contributed by atoms with Crippen molar-refractivity contribution < 1.29 is 17.9 Å². The van der Waals surface area contributed by atoms with E-state index in [1.807, 2.05) is 20.8 Å². The van der Waals surface area contributed by atoms with Crippen molar-refractivity contribution in [1.82, 2.24) is 0 Å². The van der Waals surface area contributed by atoms with Gasteiger partial charge in [0.05, 0.1) is 18.4 Å². The van der Waals surface area contributed by atoms with E-state index in [4.69, 9.17) is 4.74 Å². The third-order valence-corrected chi connectivity index (χ3v) is 2.60. The molecule has 0 aliphatic carbocycles. The molecule has 0 atom stereocenters. The van der Waals surface area contributed by atoms with E-state index in [1.54, 1.807) is 0 Å². The number of benzene rings is 1. The van der Waals surface area contributed by atoms with E-state index >= 15 is 0 Å². The van der Waals surface area contributed by atoms with Gasteiger partial charge in [-0.05, 0) is 18.2 Å². The minimum atomic E-state index is -4.46. The van der Waals surface area contributed by atoms with Gasteiger partial charge in [-0.2, -0.15) is 13.2 Å². The van der Waals surface area contributed by atoms with E-state index in [0.29, 0.717) is 11.3 Å². The first-order chi connectivity index (χ1) is 8.11. The second-order valence-electron chi connectivity index (χ2n) is 4.98. The largest absolute Gasteiger partial charge is 0.496 e. The topological polar surface area (TPSA) is 21.6 Å². The van der Waals surface area contributed by atoms with Crippen molar-refractivity contribution in [1.29, 1.82) is 0 Å². The molecule has 0 saturated carbocycles. The van der Waals surface area contributed by atoms with E-state index in [0.717, 1.165) is 6.07 Å². The van der Waals surface area contributed by atoms with Gasteiger partial charge in [-0.15, -0.1) is 0 Å². The van der Waals surface area contributed by atoms with Crippen molar-refractivity contribution in [2.75, 3.05) is 7.11 Å². The van der Waals surface area contributed by atoms with Crippen LogP contribution in [0.3, 0.4) is 0 Å². The Morgan fingerprint density at radius 3 is 2.00 bits per heavy atom. The van der Waals surface area contributed by atoms with E-state index < -0.39 is 17.2 Å². The molecule has 5 heteroatoms. The number of hydrogen-bond donors (Lipinski definition) is 0. The van der Waals surface area contributed by atoms with E-state index in [2.05, 4.69) is 11.7 Å². The number of methoxy groups -OCH3 is 1. The number of alkyl halides is 3. The van der Waals surface area contributed by atoms with Crippen LogP contribution in [0.2, 0.25) is 0 Å². The van der Waals surface area contributed by atoms with Crippen LogP contribution in [0.1, 0.15) is 31.9 Å². The van der Waals surface area contributed by atoms with Crippen LogP contribution in [0.5, 0.6) is 5.75 Å². The summed E-state index contributed by atoms with van der Waals surface area (Å²) in [5, 5.41) is 0. The van der Waals surface area contributed by atoms with Crippen LogP contribution >= 0.6 is 0 Å². The maximum Gasteiger partial charge on any atom is 0.418 e. The molecule has 0 amide bonds.